The van der Waals surface area contributed by atoms with E-state index in [-0.39, 0.29) is 6.61 Å². The lowest BCUT2D eigenvalue weighted by atomic mass is 10.2. The zero-order valence-electron chi connectivity index (χ0n) is 13.4. The third kappa shape index (κ3) is 4.32. The van der Waals surface area contributed by atoms with Gasteiger partial charge >= 0.3 is 11.9 Å². The summed E-state index contributed by atoms with van der Waals surface area (Å²) in [7, 11) is 0. The Morgan fingerprint density at radius 2 is 1.16 bits per heavy atom. The first kappa shape index (κ1) is 16.5. The van der Waals surface area contributed by atoms with Crippen molar-refractivity contribution in [1.82, 2.24) is 0 Å². The van der Waals surface area contributed by atoms with E-state index in [0.717, 1.165) is 0 Å². The normalized spacial score (nSPS) is 10.1. The highest BCUT2D eigenvalue weighted by atomic mass is 16.5. The molecule has 0 radical (unpaired) electrons. The molecule has 0 fully saturated rings. The van der Waals surface area contributed by atoms with Crippen LogP contribution in [0.25, 0.3) is 0 Å². The fourth-order valence-corrected chi connectivity index (χ4v) is 2.26. The Morgan fingerprint density at radius 1 is 0.640 bits per heavy atom. The third-order valence-corrected chi connectivity index (χ3v) is 3.55. The van der Waals surface area contributed by atoms with Crippen LogP contribution in [0.3, 0.4) is 0 Å². The average molecular weight is 332 g/mol. The second kappa shape index (κ2) is 7.93. The van der Waals surface area contributed by atoms with E-state index in [1.165, 1.54) is 0 Å². The first-order valence-electron chi connectivity index (χ1n) is 7.81. The molecule has 0 heterocycles. The number of hydrogen-bond acceptors (Lipinski definition) is 4. The molecule has 0 amide bonds. The van der Waals surface area contributed by atoms with E-state index >= 15 is 0 Å². The Hall–Kier alpha value is -3.40. The molecule has 0 bridgehead atoms. The lowest BCUT2D eigenvalue weighted by molar-refractivity contribution is 0.0469. The van der Waals surface area contributed by atoms with Crippen molar-refractivity contribution in [2.75, 3.05) is 0 Å². The Bertz CT molecular complexity index is 857. The van der Waals surface area contributed by atoms with Crippen molar-refractivity contribution >= 4 is 11.9 Å². The maximum absolute atomic E-state index is 12.2. The summed E-state index contributed by atoms with van der Waals surface area (Å²) in [6.07, 6.45) is 0. The van der Waals surface area contributed by atoms with Gasteiger partial charge in [-0.05, 0) is 30.3 Å². The van der Waals surface area contributed by atoms with Crippen molar-refractivity contribution < 1.29 is 19.1 Å². The van der Waals surface area contributed by atoms with Gasteiger partial charge in [0.1, 0.15) is 12.4 Å². The van der Waals surface area contributed by atoms with Crippen molar-refractivity contribution in [2.24, 2.45) is 0 Å². The van der Waals surface area contributed by atoms with E-state index in [1.807, 2.05) is 12.1 Å². The van der Waals surface area contributed by atoms with Crippen LogP contribution in [0.4, 0.5) is 0 Å². The summed E-state index contributed by atoms with van der Waals surface area (Å²) in [6, 6.07) is 24.4. The molecule has 0 aromatic heterocycles. The van der Waals surface area contributed by atoms with Gasteiger partial charge in [0.2, 0.25) is 0 Å². The second-order valence-electron chi connectivity index (χ2n) is 5.31. The Balaban J connectivity index is 1.69. The first-order chi connectivity index (χ1) is 12.2. The number of carbonyl (C=O) groups is 2. The van der Waals surface area contributed by atoms with Gasteiger partial charge < -0.3 is 9.47 Å². The van der Waals surface area contributed by atoms with Gasteiger partial charge in [0, 0.05) is 5.56 Å². The van der Waals surface area contributed by atoms with E-state index in [1.54, 1.807) is 72.8 Å². The van der Waals surface area contributed by atoms with Crippen LogP contribution in [0.2, 0.25) is 0 Å². The van der Waals surface area contributed by atoms with Crippen LogP contribution in [0, 0.1) is 0 Å². The number of esters is 2. The second-order valence-corrected chi connectivity index (χ2v) is 5.31. The van der Waals surface area contributed by atoms with Crippen LogP contribution in [0.5, 0.6) is 5.75 Å². The molecule has 0 unspecified atom stereocenters. The molecule has 0 atom stereocenters. The summed E-state index contributed by atoms with van der Waals surface area (Å²) in [5, 5.41) is 0. The summed E-state index contributed by atoms with van der Waals surface area (Å²) in [5.74, 6) is -0.510. The molecular formula is C21H16O4. The van der Waals surface area contributed by atoms with Crippen LogP contribution < -0.4 is 4.74 Å². The molecule has 4 heteroatoms. The van der Waals surface area contributed by atoms with Gasteiger partial charge in [-0.2, -0.15) is 0 Å². The SMILES string of the molecule is O=C(OCc1ccccc1OC(=O)c1ccccc1)c1ccccc1. The highest BCUT2D eigenvalue weighted by Crippen LogP contribution is 2.21. The van der Waals surface area contributed by atoms with E-state index in [9.17, 15) is 9.59 Å². The van der Waals surface area contributed by atoms with Crippen LogP contribution >= 0.6 is 0 Å². The summed E-state index contributed by atoms with van der Waals surface area (Å²) in [5.41, 5.74) is 1.55. The van der Waals surface area contributed by atoms with Crippen molar-refractivity contribution in [3.05, 3.63) is 102 Å². The minimum Gasteiger partial charge on any atom is -0.457 e. The number of carbonyl (C=O) groups excluding carboxylic acids is 2. The molecule has 0 saturated carbocycles. The van der Waals surface area contributed by atoms with Crippen LogP contribution in [0.15, 0.2) is 84.9 Å². The fourth-order valence-electron chi connectivity index (χ4n) is 2.26. The molecule has 25 heavy (non-hydrogen) atoms. The van der Waals surface area contributed by atoms with Gasteiger partial charge in [-0.3, -0.25) is 0 Å². The number of rotatable bonds is 5. The van der Waals surface area contributed by atoms with Crippen molar-refractivity contribution in [1.29, 1.82) is 0 Å². The molecule has 3 aromatic rings. The molecule has 0 saturated heterocycles. The molecule has 124 valence electrons. The number of hydrogen-bond donors (Lipinski definition) is 0. The number of ether oxygens (including phenoxy) is 2. The van der Waals surface area contributed by atoms with Crippen molar-refractivity contribution in [3.8, 4) is 5.75 Å². The fraction of sp³-hybridized carbons (Fsp3) is 0.0476. The lowest BCUT2D eigenvalue weighted by Crippen LogP contribution is -2.11. The average Bonchev–Trinajstić information content (AvgIpc) is 2.68. The van der Waals surface area contributed by atoms with Gasteiger partial charge in [-0.1, -0.05) is 54.6 Å². The zero-order valence-corrected chi connectivity index (χ0v) is 13.4. The molecule has 0 aliphatic heterocycles. The van der Waals surface area contributed by atoms with E-state index < -0.39 is 11.9 Å². The standard InChI is InChI=1S/C21H16O4/c22-20(16-9-3-1-4-10-16)24-15-18-13-7-8-14-19(18)25-21(23)17-11-5-2-6-12-17/h1-14H,15H2. The molecule has 3 aromatic carbocycles. The molecule has 4 nitrogen and oxygen atoms in total. The zero-order chi connectivity index (χ0) is 17.5. The Kier molecular flexibility index (Phi) is 5.22. The largest absolute Gasteiger partial charge is 0.457 e. The van der Waals surface area contributed by atoms with Crippen molar-refractivity contribution in [2.45, 2.75) is 6.61 Å². The maximum Gasteiger partial charge on any atom is 0.343 e. The molecule has 0 spiro atoms. The summed E-state index contributed by atoms with van der Waals surface area (Å²) >= 11 is 0. The van der Waals surface area contributed by atoms with Gasteiger partial charge in [-0.15, -0.1) is 0 Å². The summed E-state index contributed by atoms with van der Waals surface area (Å²) in [4.78, 5) is 24.2. The number of para-hydroxylation sites is 1. The molecule has 0 aliphatic rings. The lowest BCUT2D eigenvalue weighted by Gasteiger charge is -2.10. The predicted octanol–water partition coefficient (Wildman–Crippen LogP) is 4.26. The van der Waals surface area contributed by atoms with E-state index in [2.05, 4.69) is 0 Å². The minimum atomic E-state index is -0.456. The molecule has 3 rings (SSSR count). The van der Waals surface area contributed by atoms with Crippen molar-refractivity contribution in [3.63, 3.8) is 0 Å². The van der Waals surface area contributed by atoms with Gasteiger partial charge in [0.05, 0.1) is 11.1 Å². The summed E-state index contributed by atoms with van der Waals surface area (Å²) < 4.78 is 10.8. The van der Waals surface area contributed by atoms with E-state index in [0.29, 0.717) is 22.4 Å². The Labute approximate surface area is 145 Å². The molecule has 0 N–H and O–H groups in total. The monoisotopic (exact) mass is 332 g/mol. The topological polar surface area (TPSA) is 52.6 Å². The number of benzene rings is 3. The smallest absolute Gasteiger partial charge is 0.343 e. The minimum absolute atomic E-state index is 0.0198. The first-order valence-corrected chi connectivity index (χ1v) is 7.81. The highest BCUT2D eigenvalue weighted by Gasteiger charge is 2.13. The molecular weight excluding hydrogens is 316 g/mol. The molecule has 0 aliphatic carbocycles. The van der Waals surface area contributed by atoms with Crippen LogP contribution in [0.1, 0.15) is 26.3 Å². The van der Waals surface area contributed by atoms with Gasteiger partial charge in [0.25, 0.3) is 0 Å². The Morgan fingerprint density at radius 3 is 1.80 bits per heavy atom. The highest BCUT2D eigenvalue weighted by molar-refractivity contribution is 5.91. The third-order valence-electron chi connectivity index (χ3n) is 3.55. The van der Waals surface area contributed by atoms with Crippen LogP contribution in [-0.4, -0.2) is 11.9 Å². The van der Waals surface area contributed by atoms with Gasteiger partial charge in [0.15, 0.2) is 0 Å². The van der Waals surface area contributed by atoms with Gasteiger partial charge in [-0.25, -0.2) is 9.59 Å². The predicted molar refractivity (Wildman–Crippen MR) is 93.4 cm³/mol. The van der Waals surface area contributed by atoms with E-state index in [4.69, 9.17) is 9.47 Å². The van der Waals surface area contributed by atoms with Crippen LogP contribution in [-0.2, 0) is 11.3 Å². The quantitative estimate of drug-likeness (QED) is 0.517. The summed E-state index contributed by atoms with van der Waals surface area (Å²) in [6.45, 7) is 0.0198. The maximum atomic E-state index is 12.2.